The first kappa shape index (κ1) is 9.36. The Morgan fingerprint density at radius 2 is 2.00 bits per heavy atom. The molecule has 0 spiro atoms. The monoisotopic (exact) mass is 179 g/mol. The summed E-state index contributed by atoms with van der Waals surface area (Å²) >= 11 is 0. The molecule has 0 saturated carbocycles. The number of rotatable bonds is 2. The molecule has 3 nitrogen and oxygen atoms in total. The van der Waals surface area contributed by atoms with Crippen LogP contribution in [-0.4, -0.2) is 17.0 Å². The minimum absolute atomic E-state index is 0.121. The van der Waals surface area contributed by atoms with Crippen LogP contribution in [0.3, 0.4) is 0 Å². The molecule has 1 rings (SSSR count). The van der Waals surface area contributed by atoms with Gasteiger partial charge in [0.1, 0.15) is 11.9 Å². The van der Waals surface area contributed by atoms with Crippen molar-refractivity contribution in [3.8, 4) is 6.07 Å². The summed E-state index contributed by atoms with van der Waals surface area (Å²) in [5, 5.41) is 17.1. The summed E-state index contributed by atoms with van der Waals surface area (Å²) in [5.41, 5.74) is 0.121. The first-order valence-corrected chi connectivity index (χ1v) is 3.52. The highest BCUT2D eigenvalue weighted by atomic mass is 19.1. The van der Waals surface area contributed by atoms with Gasteiger partial charge in [-0.3, -0.25) is 4.79 Å². The molecule has 1 unspecified atom stereocenters. The second kappa shape index (κ2) is 3.78. The van der Waals surface area contributed by atoms with Gasteiger partial charge >= 0.3 is 0 Å². The Balaban J connectivity index is 2.91. The first-order valence-electron chi connectivity index (χ1n) is 3.52. The number of aliphatic hydroxyl groups excluding tert-OH is 1. The fourth-order valence-corrected chi connectivity index (χ4v) is 0.831. The van der Waals surface area contributed by atoms with Gasteiger partial charge in [-0.1, -0.05) is 0 Å². The molecule has 0 fully saturated rings. The van der Waals surface area contributed by atoms with E-state index in [0.29, 0.717) is 0 Å². The number of hydrogen-bond donors (Lipinski definition) is 1. The standard InChI is InChI=1S/C9H6FNO2/c10-7-3-1-6(2-4-7)9(13)8(12)5-11/h1-4,8,12H. The molecule has 0 radical (unpaired) electrons. The third-order valence-corrected chi connectivity index (χ3v) is 1.50. The molecule has 1 aromatic carbocycles. The number of nitrogens with zero attached hydrogens (tertiary/aromatic N) is 1. The summed E-state index contributed by atoms with van der Waals surface area (Å²) in [4.78, 5) is 11.1. The normalized spacial score (nSPS) is 11.8. The highest BCUT2D eigenvalue weighted by Crippen LogP contribution is 2.05. The molecular weight excluding hydrogens is 173 g/mol. The van der Waals surface area contributed by atoms with Crippen LogP contribution in [0.4, 0.5) is 4.39 Å². The fraction of sp³-hybridized carbons (Fsp3) is 0.111. The molecular formula is C9H6FNO2. The van der Waals surface area contributed by atoms with E-state index in [1.165, 1.54) is 18.2 Å². The number of carbonyl (C=O) groups excluding carboxylic acids is 1. The zero-order valence-corrected chi connectivity index (χ0v) is 6.57. The van der Waals surface area contributed by atoms with Crippen LogP contribution in [0.1, 0.15) is 10.4 Å². The lowest BCUT2D eigenvalue weighted by atomic mass is 10.1. The lowest BCUT2D eigenvalue weighted by Gasteiger charge is -2.00. The van der Waals surface area contributed by atoms with Gasteiger partial charge in [-0.05, 0) is 24.3 Å². The van der Waals surface area contributed by atoms with Crippen molar-refractivity contribution in [1.82, 2.24) is 0 Å². The van der Waals surface area contributed by atoms with Crippen LogP contribution >= 0.6 is 0 Å². The van der Waals surface area contributed by atoms with Gasteiger partial charge in [-0.15, -0.1) is 0 Å². The third-order valence-electron chi connectivity index (χ3n) is 1.50. The predicted octanol–water partition coefficient (Wildman–Crippen LogP) is 0.893. The second-order valence-corrected chi connectivity index (χ2v) is 2.40. The van der Waals surface area contributed by atoms with E-state index in [1.54, 1.807) is 0 Å². The molecule has 13 heavy (non-hydrogen) atoms. The number of carbonyl (C=O) groups is 1. The Morgan fingerprint density at radius 1 is 1.46 bits per heavy atom. The minimum atomic E-state index is -1.68. The Labute approximate surface area is 74.0 Å². The third kappa shape index (κ3) is 2.10. The largest absolute Gasteiger partial charge is 0.371 e. The number of ketones is 1. The van der Waals surface area contributed by atoms with Gasteiger partial charge < -0.3 is 5.11 Å². The summed E-state index contributed by atoms with van der Waals surface area (Å²) in [6, 6.07) is 6.02. The summed E-state index contributed by atoms with van der Waals surface area (Å²) in [6.45, 7) is 0. The van der Waals surface area contributed by atoms with Gasteiger partial charge in [-0.25, -0.2) is 4.39 Å². The smallest absolute Gasteiger partial charge is 0.205 e. The lowest BCUT2D eigenvalue weighted by molar-refractivity contribution is 0.0830. The maximum absolute atomic E-state index is 12.4. The molecule has 0 aromatic heterocycles. The van der Waals surface area contributed by atoms with E-state index in [1.807, 2.05) is 0 Å². The van der Waals surface area contributed by atoms with Gasteiger partial charge in [-0.2, -0.15) is 5.26 Å². The number of hydrogen-bond acceptors (Lipinski definition) is 3. The van der Waals surface area contributed by atoms with Gasteiger partial charge in [0, 0.05) is 5.56 Å². The Kier molecular flexibility index (Phi) is 2.72. The maximum atomic E-state index is 12.4. The van der Waals surface area contributed by atoms with Gasteiger partial charge in [0.25, 0.3) is 0 Å². The summed E-state index contributed by atoms with van der Waals surface area (Å²) in [5.74, 6) is -1.19. The zero-order chi connectivity index (χ0) is 9.84. The number of halogens is 1. The van der Waals surface area contributed by atoms with Crippen molar-refractivity contribution in [1.29, 1.82) is 5.26 Å². The van der Waals surface area contributed by atoms with Crippen LogP contribution in [0.25, 0.3) is 0 Å². The maximum Gasteiger partial charge on any atom is 0.205 e. The van der Waals surface area contributed by atoms with E-state index in [9.17, 15) is 9.18 Å². The van der Waals surface area contributed by atoms with Crippen molar-refractivity contribution < 1.29 is 14.3 Å². The lowest BCUT2D eigenvalue weighted by Crippen LogP contribution is -2.17. The molecule has 0 saturated heterocycles. The molecule has 1 aromatic rings. The molecule has 1 N–H and O–H groups in total. The van der Waals surface area contributed by atoms with E-state index in [4.69, 9.17) is 10.4 Å². The Hall–Kier alpha value is -1.73. The SMILES string of the molecule is N#CC(O)C(=O)c1ccc(F)cc1. The van der Waals surface area contributed by atoms with Crippen LogP contribution in [0.15, 0.2) is 24.3 Å². The highest BCUT2D eigenvalue weighted by molar-refractivity contribution is 6.00. The van der Waals surface area contributed by atoms with Crippen molar-refractivity contribution in [3.63, 3.8) is 0 Å². The second-order valence-electron chi connectivity index (χ2n) is 2.40. The first-order chi connectivity index (χ1) is 6.15. The number of nitriles is 1. The Morgan fingerprint density at radius 3 is 2.46 bits per heavy atom. The van der Waals surface area contributed by atoms with Crippen molar-refractivity contribution in [2.45, 2.75) is 6.10 Å². The molecule has 0 bridgehead atoms. The summed E-state index contributed by atoms with van der Waals surface area (Å²) in [6.07, 6.45) is -1.68. The summed E-state index contributed by atoms with van der Waals surface area (Å²) in [7, 11) is 0. The number of benzene rings is 1. The van der Waals surface area contributed by atoms with E-state index in [0.717, 1.165) is 12.1 Å². The average molecular weight is 179 g/mol. The fourth-order valence-electron chi connectivity index (χ4n) is 0.831. The van der Waals surface area contributed by atoms with E-state index < -0.39 is 17.7 Å². The summed E-state index contributed by atoms with van der Waals surface area (Å²) < 4.78 is 12.4. The molecule has 4 heteroatoms. The van der Waals surface area contributed by atoms with Crippen LogP contribution in [-0.2, 0) is 0 Å². The Bertz CT molecular complexity index is 353. The van der Waals surface area contributed by atoms with E-state index in [2.05, 4.69) is 0 Å². The van der Waals surface area contributed by atoms with Gasteiger partial charge in [0.15, 0.2) is 0 Å². The molecule has 66 valence electrons. The molecule has 0 aliphatic heterocycles. The molecule has 0 amide bonds. The molecule has 0 aliphatic carbocycles. The van der Waals surface area contributed by atoms with Crippen LogP contribution < -0.4 is 0 Å². The number of Topliss-reactive ketones (excluding diaryl/α,β-unsaturated/α-hetero) is 1. The van der Waals surface area contributed by atoms with Crippen molar-refractivity contribution in [2.75, 3.05) is 0 Å². The minimum Gasteiger partial charge on any atom is -0.371 e. The van der Waals surface area contributed by atoms with E-state index >= 15 is 0 Å². The molecule has 1 atom stereocenters. The van der Waals surface area contributed by atoms with E-state index in [-0.39, 0.29) is 5.56 Å². The van der Waals surface area contributed by atoms with Crippen LogP contribution in [0.2, 0.25) is 0 Å². The van der Waals surface area contributed by atoms with Crippen molar-refractivity contribution in [3.05, 3.63) is 35.6 Å². The highest BCUT2D eigenvalue weighted by Gasteiger charge is 2.15. The molecule has 0 heterocycles. The van der Waals surface area contributed by atoms with Crippen molar-refractivity contribution >= 4 is 5.78 Å². The molecule has 0 aliphatic rings. The van der Waals surface area contributed by atoms with Gasteiger partial charge in [0.2, 0.25) is 11.9 Å². The van der Waals surface area contributed by atoms with Gasteiger partial charge in [0.05, 0.1) is 0 Å². The van der Waals surface area contributed by atoms with Crippen molar-refractivity contribution in [2.24, 2.45) is 0 Å². The quantitative estimate of drug-likeness (QED) is 0.541. The van der Waals surface area contributed by atoms with Crippen LogP contribution in [0.5, 0.6) is 0 Å². The van der Waals surface area contributed by atoms with Crippen LogP contribution in [0, 0.1) is 17.1 Å². The zero-order valence-electron chi connectivity index (χ0n) is 6.57. The number of aliphatic hydroxyl groups is 1. The topological polar surface area (TPSA) is 61.1 Å². The predicted molar refractivity (Wildman–Crippen MR) is 42.4 cm³/mol. The average Bonchev–Trinajstić information content (AvgIpc) is 2.17.